The van der Waals surface area contributed by atoms with E-state index in [0.29, 0.717) is 5.71 Å². The van der Waals surface area contributed by atoms with Crippen LogP contribution in [-0.2, 0) is 0 Å². The molecule has 0 aliphatic carbocycles. The molecule has 0 heterocycles. The van der Waals surface area contributed by atoms with Gasteiger partial charge in [0.1, 0.15) is 0 Å². The summed E-state index contributed by atoms with van der Waals surface area (Å²) in [6, 6.07) is 0. The Morgan fingerprint density at radius 1 is 1.60 bits per heavy atom. The summed E-state index contributed by atoms with van der Waals surface area (Å²) in [7, 11) is 0. The second-order valence-electron chi connectivity index (χ2n) is 2.20. The first kappa shape index (κ1) is 9.76. The molecule has 1 N–H and O–H groups in total. The molecule has 0 aromatic carbocycles. The van der Waals surface area contributed by atoms with Crippen LogP contribution in [0.2, 0.25) is 0 Å². The number of nitrogens with zero attached hydrogens (tertiary/aromatic N) is 1. The summed E-state index contributed by atoms with van der Waals surface area (Å²) in [4.78, 5) is 0. The Kier molecular flexibility index (Phi) is 5.40. The first-order chi connectivity index (χ1) is 4.76. The normalized spacial score (nSPS) is 15.3. The molecular weight excluding hydrogens is 150 g/mol. The molecule has 10 heavy (non-hydrogen) atoms. The molecular formula is C7H14ClNO. The van der Waals surface area contributed by atoms with E-state index >= 15 is 0 Å². The van der Waals surface area contributed by atoms with Crippen molar-refractivity contribution in [2.45, 2.75) is 38.5 Å². The highest BCUT2D eigenvalue weighted by Crippen LogP contribution is 2.09. The molecule has 0 aromatic rings. The first-order valence-electron chi connectivity index (χ1n) is 3.61. The van der Waals surface area contributed by atoms with Crippen LogP contribution in [0.5, 0.6) is 0 Å². The van der Waals surface area contributed by atoms with E-state index in [9.17, 15) is 0 Å². The number of halogens is 1. The third-order valence-electron chi connectivity index (χ3n) is 1.39. The predicted molar refractivity (Wildman–Crippen MR) is 44.1 cm³/mol. The van der Waals surface area contributed by atoms with Crippen LogP contribution in [0.25, 0.3) is 0 Å². The first-order valence-corrected chi connectivity index (χ1v) is 4.04. The molecule has 0 aliphatic rings. The zero-order chi connectivity index (χ0) is 7.98. The summed E-state index contributed by atoms with van der Waals surface area (Å²) in [5, 5.41) is 11.5. The Hall–Kier alpha value is -0.240. The Balaban J connectivity index is 3.77. The Labute approximate surface area is 66.9 Å². The number of rotatable bonds is 4. The lowest BCUT2D eigenvalue weighted by atomic mass is 10.1. The molecule has 0 saturated heterocycles. The average molecular weight is 164 g/mol. The summed E-state index contributed by atoms with van der Waals surface area (Å²) >= 11 is 5.86. The van der Waals surface area contributed by atoms with Crippen molar-refractivity contribution in [3.63, 3.8) is 0 Å². The summed E-state index contributed by atoms with van der Waals surface area (Å²) in [6.45, 7) is 3.99. The van der Waals surface area contributed by atoms with Crippen LogP contribution >= 0.6 is 11.6 Å². The lowest BCUT2D eigenvalue weighted by Gasteiger charge is -2.06. The zero-order valence-electron chi connectivity index (χ0n) is 6.47. The Bertz CT molecular complexity index is 114. The van der Waals surface area contributed by atoms with Crippen LogP contribution in [-0.4, -0.2) is 16.3 Å². The van der Waals surface area contributed by atoms with Crippen LogP contribution in [0, 0.1) is 0 Å². The van der Waals surface area contributed by atoms with Crippen LogP contribution in [0.3, 0.4) is 0 Å². The summed E-state index contributed by atoms with van der Waals surface area (Å²) < 4.78 is 0. The molecule has 0 fully saturated rings. The molecule has 0 rings (SSSR count). The maximum Gasteiger partial charge on any atom is 0.0751 e. The van der Waals surface area contributed by atoms with Gasteiger partial charge < -0.3 is 5.21 Å². The number of hydrogen-bond donors (Lipinski definition) is 1. The summed E-state index contributed by atoms with van der Waals surface area (Å²) in [5.41, 5.74) is 0.684. The fraction of sp³-hybridized carbons (Fsp3) is 0.857. The van der Waals surface area contributed by atoms with Gasteiger partial charge in [-0.3, -0.25) is 0 Å². The molecule has 3 heteroatoms. The largest absolute Gasteiger partial charge is 0.411 e. The quantitative estimate of drug-likeness (QED) is 0.294. The molecule has 0 aliphatic heterocycles. The number of hydrogen-bond acceptors (Lipinski definition) is 2. The van der Waals surface area contributed by atoms with Gasteiger partial charge in [-0.05, 0) is 12.8 Å². The van der Waals surface area contributed by atoms with Crippen LogP contribution in [0.4, 0.5) is 0 Å². The van der Waals surface area contributed by atoms with E-state index in [2.05, 4.69) is 12.1 Å². The van der Waals surface area contributed by atoms with Gasteiger partial charge in [0.05, 0.1) is 11.1 Å². The highest BCUT2D eigenvalue weighted by Gasteiger charge is 2.09. The number of alkyl halides is 1. The highest BCUT2D eigenvalue weighted by molar-refractivity contribution is 6.31. The van der Waals surface area contributed by atoms with Gasteiger partial charge in [0, 0.05) is 0 Å². The summed E-state index contributed by atoms with van der Waals surface area (Å²) in [6.07, 6.45) is 2.63. The smallest absolute Gasteiger partial charge is 0.0751 e. The van der Waals surface area contributed by atoms with Crippen molar-refractivity contribution in [1.82, 2.24) is 0 Å². The van der Waals surface area contributed by atoms with Gasteiger partial charge >= 0.3 is 0 Å². The SMILES string of the molecule is CCCC(Cl)/C(CC)=N/O. The van der Waals surface area contributed by atoms with Crippen molar-refractivity contribution < 1.29 is 5.21 Å². The van der Waals surface area contributed by atoms with Crippen molar-refractivity contribution in [3.05, 3.63) is 0 Å². The molecule has 0 spiro atoms. The van der Waals surface area contributed by atoms with E-state index in [1.165, 1.54) is 0 Å². The predicted octanol–water partition coefficient (Wildman–Crippen LogP) is 2.63. The van der Waals surface area contributed by atoms with E-state index in [-0.39, 0.29) is 5.38 Å². The van der Waals surface area contributed by atoms with Gasteiger partial charge in [0.15, 0.2) is 0 Å². The standard InChI is InChI=1S/C7H14ClNO/c1-3-5-6(8)7(4-2)9-10/h6,10H,3-5H2,1-2H3/b9-7+. The van der Waals surface area contributed by atoms with Crippen molar-refractivity contribution in [3.8, 4) is 0 Å². The average Bonchev–Trinajstić information content (AvgIpc) is 1.91. The zero-order valence-corrected chi connectivity index (χ0v) is 7.23. The van der Waals surface area contributed by atoms with Crippen molar-refractivity contribution in [1.29, 1.82) is 0 Å². The third-order valence-corrected chi connectivity index (χ3v) is 1.86. The van der Waals surface area contributed by atoms with Crippen LogP contribution < -0.4 is 0 Å². The van der Waals surface area contributed by atoms with E-state index in [0.717, 1.165) is 19.3 Å². The van der Waals surface area contributed by atoms with Crippen molar-refractivity contribution in [2.75, 3.05) is 0 Å². The fourth-order valence-corrected chi connectivity index (χ4v) is 1.19. The second-order valence-corrected chi connectivity index (χ2v) is 2.73. The lowest BCUT2D eigenvalue weighted by molar-refractivity contribution is 0.316. The van der Waals surface area contributed by atoms with Crippen LogP contribution in [0.15, 0.2) is 5.16 Å². The Morgan fingerprint density at radius 2 is 2.20 bits per heavy atom. The third kappa shape index (κ3) is 3.06. The van der Waals surface area contributed by atoms with E-state index in [1.807, 2.05) is 6.92 Å². The van der Waals surface area contributed by atoms with Crippen molar-refractivity contribution in [2.24, 2.45) is 5.16 Å². The fourth-order valence-electron chi connectivity index (χ4n) is 0.775. The Morgan fingerprint density at radius 3 is 2.50 bits per heavy atom. The minimum Gasteiger partial charge on any atom is -0.411 e. The second kappa shape index (κ2) is 5.54. The molecule has 0 amide bonds. The van der Waals surface area contributed by atoms with Crippen LogP contribution in [0.1, 0.15) is 33.1 Å². The molecule has 0 aromatic heterocycles. The molecule has 0 saturated carbocycles. The molecule has 0 radical (unpaired) electrons. The minimum atomic E-state index is -0.0833. The van der Waals surface area contributed by atoms with Gasteiger partial charge in [-0.2, -0.15) is 0 Å². The topological polar surface area (TPSA) is 32.6 Å². The van der Waals surface area contributed by atoms with Gasteiger partial charge in [0.2, 0.25) is 0 Å². The number of oxime groups is 1. The molecule has 2 nitrogen and oxygen atoms in total. The highest BCUT2D eigenvalue weighted by atomic mass is 35.5. The molecule has 60 valence electrons. The maximum atomic E-state index is 8.43. The maximum absolute atomic E-state index is 8.43. The van der Waals surface area contributed by atoms with Gasteiger partial charge in [-0.15, -0.1) is 11.6 Å². The lowest BCUT2D eigenvalue weighted by Crippen LogP contribution is -2.12. The van der Waals surface area contributed by atoms with Gasteiger partial charge in [-0.25, -0.2) is 0 Å². The molecule has 1 unspecified atom stereocenters. The molecule has 1 atom stereocenters. The van der Waals surface area contributed by atoms with E-state index in [1.54, 1.807) is 0 Å². The van der Waals surface area contributed by atoms with E-state index in [4.69, 9.17) is 16.8 Å². The molecule has 0 bridgehead atoms. The van der Waals surface area contributed by atoms with E-state index < -0.39 is 0 Å². The van der Waals surface area contributed by atoms with Gasteiger partial charge in [-0.1, -0.05) is 25.4 Å². The monoisotopic (exact) mass is 163 g/mol. The summed E-state index contributed by atoms with van der Waals surface area (Å²) in [5.74, 6) is 0. The van der Waals surface area contributed by atoms with Gasteiger partial charge in [0.25, 0.3) is 0 Å². The minimum absolute atomic E-state index is 0.0833. The van der Waals surface area contributed by atoms with Crippen molar-refractivity contribution >= 4 is 17.3 Å².